The summed E-state index contributed by atoms with van der Waals surface area (Å²) in [5, 5.41) is 0. The maximum absolute atomic E-state index is 11.8. The quantitative estimate of drug-likeness (QED) is 0.383. The summed E-state index contributed by atoms with van der Waals surface area (Å²) in [6.45, 7) is 4.39. The number of carbonyl (C=O) groups is 4. The zero-order chi connectivity index (χ0) is 24.5. The number of ether oxygens (including phenoxy) is 7. The van der Waals surface area contributed by atoms with E-state index >= 15 is 0 Å². The lowest BCUT2D eigenvalue weighted by atomic mass is 9.98. The molecule has 1 aliphatic heterocycles. The maximum Gasteiger partial charge on any atom is 0.303 e. The molecule has 1 heterocycles. The predicted molar refractivity (Wildman–Crippen MR) is 110 cm³/mol. The largest absolute Gasteiger partial charge is 0.497 e. The van der Waals surface area contributed by atoms with Crippen molar-refractivity contribution in [2.75, 3.05) is 13.7 Å². The average Bonchev–Trinajstić information content (AvgIpc) is 2.73. The second kappa shape index (κ2) is 12.2. The molecule has 1 aromatic carbocycles. The standard InChI is InChI=1S/C22H28O11/c1-12(23)28-11-18-19(30-13(2)24)20(31-14(3)25)21(32-15(4)26)22(33-18)29-10-16-6-8-17(27-5)9-7-16/h6-9,18-22H,10-11H2,1-5H3/t18-,19-,20+,21-,22+/m1/s1. The van der Waals surface area contributed by atoms with E-state index in [-0.39, 0.29) is 13.2 Å². The van der Waals surface area contributed by atoms with E-state index < -0.39 is 54.6 Å². The van der Waals surface area contributed by atoms with Crippen molar-refractivity contribution < 1.29 is 52.3 Å². The molecule has 1 aliphatic rings. The summed E-state index contributed by atoms with van der Waals surface area (Å²) in [6, 6.07) is 7.02. The van der Waals surface area contributed by atoms with Crippen LogP contribution in [0.5, 0.6) is 5.75 Å². The summed E-state index contributed by atoms with van der Waals surface area (Å²) < 4.78 is 37.9. The van der Waals surface area contributed by atoms with Crippen LogP contribution < -0.4 is 4.74 Å². The van der Waals surface area contributed by atoms with Crippen LogP contribution in [0, 0.1) is 0 Å². The van der Waals surface area contributed by atoms with E-state index in [1.54, 1.807) is 31.4 Å². The SMILES string of the molecule is COc1ccc(CO[C@H]2O[C@H](COC(C)=O)[C@@H](OC(C)=O)[C@H](OC(C)=O)[C@H]2OC(C)=O)cc1. The number of methoxy groups -OCH3 is 1. The number of hydrogen-bond donors (Lipinski definition) is 0. The number of benzene rings is 1. The van der Waals surface area contributed by atoms with Crippen LogP contribution in [0.3, 0.4) is 0 Å². The minimum atomic E-state index is -1.27. The van der Waals surface area contributed by atoms with Crippen molar-refractivity contribution >= 4 is 23.9 Å². The molecule has 1 fully saturated rings. The van der Waals surface area contributed by atoms with Crippen LogP contribution in [0.25, 0.3) is 0 Å². The average molecular weight is 468 g/mol. The molecule has 1 saturated heterocycles. The van der Waals surface area contributed by atoms with Gasteiger partial charge in [0, 0.05) is 27.7 Å². The zero-order valence-corrected chi connectivity index (χ0v) is 19.1. The molecule has 33 heavy (non-hydrogen) atoms. The normalized spacial score (nSPS) is 24.3. The van der Waals surface area contributed by atoms with Crippen molar-refractivity contribution in [3.8, 4) is 5.75 Å². The van der Waals surface area contributed by atoms with Gasteiger partial charge in [-0.05, 0) is 17.7 Å². The Bertz CT molecular complexity index is 835. The molecule has 11 nitrogen and oxygen atoms in total. The zero-order valence-electron chi connectivity index (χ0n) is 19.1. The molecule has 0 unspecified atom stereocenters. The van der Waals surface area contributed by atoms with Gasteiger partial charge in [-0.15, -0.1) is 0 Å². The van der Waals surface area contributed by atoms with Crippen molar-refractivity contribution in [2.45, 2.75) is 65.0 Å². The van der Waals surface area contributed by atoms with Gasteiger partial charge in [-0.3, -0.25) is 19.2 Å². The highest BCUT2D eigenvalue weighted by molar-refractivity contribution is 5.68. The molecule has 5 atom stereocenters. The van der Waals surface area contributed by atoms with Gasteiger partial charge in [0.2, 0.25) is 0 Å². The molecule has 0 bridgehead atoms. The second-order valence-corrected chi connectivity index (χ2v) is 7.23. The van der Waals surface area contributed by atoms with E-state index in [0.29, 0.717) is 5.75 Å². The van der Waals surface area contributed by atoms with Gasteiger partial charge in [-0.2, -0.15) is 0 Å². The highest BCUT2D eigenvalue weighted by atomic mass is 16.7. The fourth-order valence-electron chi connectivity index (χ4n) is 3.22. The molecule has 0 aromatic heterocycles. The lowest BCUT2D eigenvalue weighted by molar-refractivity contribution is -0.310. The Hall–Kier alpha value is -3.18. The van der Waals surface area contributed by atoms with Crippen molar-refractivity contribution in [1.29, 1.82) is 0 Å². The first-order chi connectivity index (χ1) is 15.6. The Morgan fingerprint density at radius 1 is 0.788 bits per heavy atom. The molecule has 0 spiro atoms. The first kappa shape index (κ1) is 26.1. The van der Waals surface area contributed by atoms with Crippen molar-refractivity contribution in [3.05, 3.63) is 29.8 Å². The number of esters is 4. The second-order valence-electron chi connectivity index (χ2n) is 7.23. The molecule has 0 aliphatic carbocycles. The van der Waals surface area contributed by atoms with Crippen LogP contribution in [0.2, 0.25) is 0 Å². The molecule has 0 saturated carbocycles. The summed E-state index contributed by atoms with van der Waals surface area (Å²) in [4.78, 5) is 46.7. The minimum absolute atomic E-state index is 0.0394. The van der Waals surface area contributed by atoms with Crippen LogP contribution in [0.15, 0.2) is 24.3 Å². The van der Waals surface area contributed by atoms with Gasteiger partial charge in [0.1, 0.15) is 18.5 Å². The molecule has 0 N–H and O–H groups in total. The Balaban J connectivity index is 2.33. The Morgan fingerprint density at radius 3 is 1.85 bits per heavy atom. The molecule has 2 rings (SSSR count). The molecule has 0 radical (unpaired) electrons. The molecular formula is C22H28O11. The van der Waals surface area contributed by atoms with E-state index in [1.165, 1.54) is 6.92 Å². The van der Waals surface area contributed by atoms with Gasteiger partial charge in [0.05, 0.1) is 13.7 Å². The van der Waals surface area contributed by atoms with Crippen LogP contribution in [-0.4, -0.2) is 68.3 Å². The van der Waals surface area contributed by atoms with Crippen LogP contribution in [-0.2, 0) is 54.2 Å². The Kier molecular flexibility index (Phi) is 9.61. The number of rotatable bonds is 9. The third-order valence-corrected chi connectivity index (χ3v) is 4.52. The van der Waals surface area contributed by atoms with Crippen LogP contribution in [0.1, 0.15) is 33.3 Å². The molecule has 0 amide bonds. The molecule has 1 aromatic rings. The maximum atomic E-state index is 11.8. The fraction of sp³-hybridized carbons (Fsp3) is 0.545. The topological polar surface area (TPSA) is 133 Å². The van der Waals surface area contributed by atoms with Crippen LogP contribution in [0.4, 0.5) is 0 Å². The van der Waals surface area contributed by atoms with E-state index in [0.717, 1.165) is 26.3 Å². The third-order valence-electron chi connectivity index (χ3n) is 4.52. The summed E-state index contributed by atoms with van der Waals surface area (Å²) in [5.41, 5.74) is 0.753. The highest BCUT2D eigenvalue weighted by Gasteiger charge is 2.52. The smallest absolute Gasteiger partial charge is 0.303 e. The fourth-order valence-corrected chi connectivity index (χ4v) is 3.22. The summed E-state index contributed by atoms with van der Waals surface area (Å²) in [5.74, 6) is -2.05. The van der Waals surface area contributed by atoms with Gasteiger partial charge >= 0.3 is 23.9 Å². The van der Waals surface area contributed by atoms with Crippen molar-refractivity contribution in [3.63, 3.8) is 0 Å². The molecular weight excluding hydrogens is 440 g/mol. The highest BCUT2D eigenvalue weighted by Crippen LogP contribution is 2.30. The van der Waals surface area contributed by atoms with E-state index in [1.807, 2.05) is 0 Å². The summed E-state index contributed by atoms with van der Waals surface area (Å²) in [7, 11) is 1.54. The van der Waals surface area contributed by atoms with E-state index in [9.17, 15) is 19.2 Å². The van der Waals surface area contributed by atoms with Gasteiger partial charge in [0.25, 0.3) is 0 Å². The van der Waals surface area contributed by atoms with E-state index in [4.69, 9.17) is 33.2 Å². The number of carbonyl (C=O) groups excluding carboxylic acids is 4. The van der Waals surface area contributed by atoms with Gasteiger partial charge in [0.15, 0.2) is 24.6 Å². The molecule has 182 valence electrons. The molecule has 11 heteroatoms. The van der Waals surface area contributed by atoms with Crippen molar-refractivity contribution in [1.82, 2.24) is 0 Å². The van der Waals surface area contributed by atoms with Gasteiger partial charge in [-0.1, -0.05) is 12.1 Å². The number of hydrogen-bond acceptors (Lipinski definition) is 11. The van der Waals surface area contributed by atoms with Gasteiger partial charge < -0.3 is 33.2 Å². The minimum Gasteiger partial charge on any atom is -0.497 e. The first-order valence-corrected chi connectivity index (χ1v) is 10.2. The Labute approximate surface area is 191 Å². The lowest BCUT2D eigenvalue weighted by Gasteiger charge is -2.44. The van der Waals surface area contributed by atoms with Crippen LogP contribution >= 0.6 is 0 Å². The predicted octanol–water partition coefficient (Wildman–Crippen LogP) is 1.29. The monoisotopic (exact) mass is 468 g/mol. The lowest BCUT2D eigenvalue weighted by Crippen LogP contribution is -2.62. The summed E-state index contributed by atoms with van der Waals surface area (Å²) in [6.07, 6.45) is -6.05. The van der Waals surface area contributed by atoms with E-state index in [2.05, 4.69) is 0 Å². The third kappa shape index (κ3) is 8.03. The van der Waals surface area contributed by atoms with Gasteiger partial charge in [-0.25, -0.2) is 0 Å². The summed E-state index contributed by atoms with van der Waals surface area (Å²) >= 11 is 0. The van der Waals surface area contributed by atoms with Crippen molar-refractivity contribution in [2.24, 2.45) is 0 Å². The first-order valence-electron chi connectivity index (χ1n) is 10.2. The Morgan fingerprint density at radius 2 is 1.33 bits per heavy atom.